The van der Waals surface area contributed by atoms with E-state index in [1.165, 1.54) is 23.5 Å². The number of benzene rings is 1. The predicted octanol–water partition coefficient (Wildman–Crippen LogP) is 3.94. The summed E-state index contributed by atoms with van der Waals surface area (Å²) >= 11 is 1.39. The Balaban J connectivity index is 0.00000208. The first-order valence-electron chi connectivity index (χ1n) is 8.07. The molecule has 1 aromatic heterocycles. The Bertz CT molecular complexity index is 700. The number of thiazole rings is 1. The van der Waals surface area contributed by atoms with Gasteiger partial charge in [0, 0.05) is 19.0 Å². The number of likely N-dealkylation sites (N-methyl/N-ethyl adjacent to an activating group) is 1. The molecule has 4 nitrogen and oxygen atoms in total. The second-order valence-electron chi connectivity index (χ2n) is 6.38. The van der Waals surface area contributed by atoms with Crippen LogP contribution in [0.1, 0.15) is 25.7 Å². The maximum atomic E-state index is 13.4. The first kappa shape index (κ1) is 19.1. The van der Waals surface area contributed by atoms with Gasteiger partial charge < -0.3 is 4.90 Å². The van der Waals surface area contributed by atoms with Crippen molar-refractivity contribution in [1.29, 1.82) is 0 Å². The summed E-state index contributed by atoms with van der Waals surface area (Å²) in [5.41, 5.74) is 0.750. The van der Waals surface area contributed by atoms with Gasteiger partial charge in [-0.15, -0.1) is 12.4 Å². The lowest BCUT2D eigenvalue weighted by molar-refractivity contribution is -0.122. The Morgan fingerprint density at radius 3 is 2.67 bits per heavy atom. The number of hydrogen-bond donors (Lipinski definition) is 0. The highest BCUT2D eigenvalue weighted by Crippen LogP contribution is 2.33. The zero-order valence-corrected chi connectivity index (χ0v) is 15.6. The second kappa shape index (κ2) is 8.23. The van der Waals surface area contributed by atoms with Crippen LogP contribution in [0.15, 0.2) is 18.2 Å². The van der Waals surface area contributed by atoms with Crippen molar-refractivity contribution in [1.82, 2.24) is 9.88 Å². The maximum Gasteiger partial charge on any atom is 0.231 e. The minimum Gasteiger partial charge on any atom is -0.308 e. The number of hydrogen-bond acceptors (Lipinski definition) is 4. The third kappa shape index (κ3) is 4.23. The van der Waals surface area contributed by atoms with Crippen LogP contribution in [0, 0.1) is 11.7 Å². The summed E-state index contributed by atoms with van der Waals surface area (Å²) in [4.78, 5) is 21.3. The van der Waals surface area contributed by atoms with Gasteiger partial charge in [-0.2, -0.15) is 0 Å². The van der Waals surface area contributed by atoms with Crippen LogP contribution in [0.4, 0.5) is 9.52 Å². The van der Waals surface area contributed by atoms with Gasteiger partial charge in [0.1, 0.15) is 5.82 Å². The van der Waals surface area contributed by atoms with Gasteiger partial charge in [0.05, 0.1) is 10.2 Å². The van der Waals surface area contributed by atoms with E-state index in [4.69, 9.17) is 0 Å². The molecule has 0 aliphatic heterocycles. The topological polar surface area (TPSA) is 36.4 Å². The first-order chi connectivity index (χ1) is 11.0. The van der Waals surface area contributed by atoms with Crippen LogP contribution in [0.3, 0.4) is 0 Å². The third-order valence-corrected chi connectivity index (χ3v) is 5.35. The lowest BCUT2D eigenvalue weighted by Gasteiger charge is -2.24. The molecule has 1 fully saturated rings. The molecular weight excluding hydrogens is 349 g/mol. The number of carbonyl (C=O) groups is 1. The Labute approximate surface area is 152 Å². The minimum atomic E-state index is -0.269. The molecule has 1 aliphatic carbocycles. The molecule has 0 saturated heterocycles. The fraction of sp³-hybridized carbons (Fsp3) is 0.529. The van der Waals surface area contributed by atoms with E-state index in [9.17, 15) is 9.18 Å². The number of nitrogens with zero attached hydrogens (tertiary/aromatic N) is 3. The fourth-order valence-electron chi connectivity index (χ4n) is 2.99. The second-order valence-corrected chi connectivity index (χ2v) is 7.39. The largest absolute Gasteiger partial charge is 0.308 e. The van der Waals surface area contributed by atoms with E-state index < -0.39 is 0 Å². The summed E-state index contributed by atoms with van der Waals surface area (Å²) in [5.74, 6) is 0.0134. The van der Waals surface area contributed by atoms with Crippen molar-refractivity contribution >= 4 is 45.0 Å². The standard InChI is InChI=1S/C17H22FN3OS.ClH/c1-20(2)9-10-21(16(22)12-5-3-4-6-12)17-19-14-8-7-13(18)11-15(14)23-17;/h7-8,11-12H,3-6,9-10H2,1-2H3;1H. The molecule has 0 unspecified atom stereocenters. The lowest BCUT2D eigenvalue weighted by Crippen LogP contribution is -2.39. The van der Waals surface area contributed by atoms with E-state index in [0.29, 0.717) is 11.7 Å². The number of halogens is 2. The van der Waals surface area contributed by atoms with Crippen LogP contribution in [-0.2, 0) is 4.79 Å². The predicted molar refractivity (Wildman–Crippen MR) is 99.7 cm³/mol. The van der Waals surface area contributed by atoms with Crippen molar-refractivity contribution in [3.8, 4) is 0 Å². The number of anilines is 1. The summed E-state index contributed by atoms with van der Waals surface area (Å²) in [5, 5.41) is 0.685. The van der Waals surface area contributed by atoms with E-state index in [1.54, 1.807) is 11.0 Å². The van der Waals surface area contributed by atoms with Crippen LogP contribution in [0.5, 0.6) is 0 Å². The van der Waals surface area contributed by atoms with Crippen LogP contribution < -0.4 is 4.90 Å². The van der Waals surface area contributed by atoms with Crippen LogP contribution in [-0.4, -0.2) is 43.0 Å². The van der Waals surface area contributed by atoms with Crippen LogP contribution >= 0.6 is 23.7 Å². The Hall–Kier alpha value is -1.24. The molecule has 7 heteroatoms. The van der Waals surface area contributed by atoms with Crippen LogP contribution in [0.25, 0.3) is 10.2 Å². The van der Waals surface area contributed by atoms with Gasteiger partial charge in [-0.05, 0) is 45.1 Å². The lowest BCUT2D eigenvalue weighted by atomic mass is 10.1. The molecule has 0 radical (unpaired) electrons. The van der Waals surface area contributed by atoms with Crippen molar-refractivity contribution in [2.75, 3.05) is 32.1 Å². The molecule has 132 valence electrons. The smallest absolute Gasteiger partial charge is 0.231 e. The molecule has 2 aromatic rings. The van der Waals surface area contributed by atoms with Gasteiger partial charge in [-0.25, -0.2) is 9.37 Å². The molecule has 1 saturated carbocycles. The van der Waals surface area contributed by atoms with Gasteiger partial charge in [0.2, 0.25) is 5.91 Å². The van der Waals surface area contributed by atoms with Crippen molar-refractivity contribution in [3.05, 3.63) is 24.0 Å². The SMILES string of the molecule is CN(C)CCN(C(=O)C1CCCC1)c1nc2ccc(F)cc2s1.Cl. The van der Waals surface area contributed by atoms with E-state index in [-0.39, 0.29) is 30.0 Å². The monoisotopic (exact) mass is 371 g/mol. The van der Waals surface area contributed by atoms with Crippen molar-refractivity contribution in [2.24, 2.45) is 5.92 Å². The van der Waals surface area contributed by atoms with Gasteiger partial charge in [0.15, 0.2) is 5.13 Å². The van der Waals surface area contributed by atoms with Gasteiger partial charge in [-0.3, -0.25) is 9.69 Å². The molecule has 1 aliphatic rings. The summed E-state index contributed by atoms with van der Waals surface area (Å²) in [7, 11) is 3.98. The third-order valence-electron chi connectivity index (χ3n) is 4.31. The molecule has 0 atom stereocenters. The van der Waals surface area contributed by atoms with Gasteiger partial charge in [-0.1, -0.05) is 24.2 Å². The molecule has 1 amide bonds. The van der Waals surface area contributed by atoms with Crippen molar-refractivity contribution in [2.45, 2.75) is 25.7 Å². The molecule has 1 heterocycles. The number of aromatic nitrogens is 1. The number of amides is 1. The summed E-state index contributed by atoms with van der Waals surface area (Å²) in [6.07, 6.45) is 4.19. The molecule has 0 spiro atoms. The van der Waals surface area contributed by atoms with Crippen LogP contribution in [0.2, 0.25) is 0 Å². The van der Waals surface area contributed by atoms with Crippen molar-refractivity contribution in [3.63, 3.8) is 0 Å². The summed E-state index contributed by atoms with van der Waals surface area (Å²) in [6, 6.07) is 4.57. The Morgan fingerprint density at radius 2 is 2.00 bits per heavy atom. The zero-order valence-electron chi connectivity index (χ0n) is 14.0. The Morgan fingerprint density at radius 1 is 1.29 bits per heavy atom. The molecule has 0 bridgehead atoms. The molecule has 1 aromatic carbocycles. The first-order valence-corrected chi connectivity index (χ1v) is 8.88. The quantitative estimate of drug-likeness (QED) is 0.798. The Kier molecular flexibility index (Phi) is 6.54. The van der Waals surface area contributed by atoms with E-state index in [1.807, 2.05) is 14.1 Å². The van der Waals surface area contributed by atoms with Gasteiger partial charge >= 0.3 is 0 Å². The fourth-order valence-corrected chi connectivity index (χ4v) is 4.02. The van der Waals surface area contributed by atoms with Crippen molar-refractivity contribution < 1.29 is 9.18 Å². The summed E-state index contributed by atoms with van der Waals surface area (Å²) in [6.45, 7) is 1.40. The average Bonchev–Trinajstić information content (AvgIpc) is 3.15. The van der Waals surface area contributed by atoms with Gasteiger partial charge in [0.25, 0.3) is 0 Å². The average molecular weight is 372 g/mol. The number of rotatable bonds is 5. The highest BCUT2D eigenvalue weighted by molar-refractivity contribution is 7.22. The van der Waals surface area contributed by atoms with E-state index >= 15 is 0 Å². The molecule has 0 N–H and O–H groups in total. The zero-order chi connectivity index (χ0) is 16.4. The molecule has 3 rings (SSSR count). The normalized spacial score (nSPS) is 15.0. The number of carbonyl (C=O) groups excluding carboxylic acids is 1. The number of fused-ring (bicyclic) bond motifs is 1. The maximum absolute atomic E-state index is 13.4. The van der Waals surface area contributed by atoms with E-state index in [2.05, 4.69) is 9.88 Å². The molecule has 24 heavy (non-hydrogen) atoms. The summed E-state index contributed by atoms with van der Waals surface area (Å²) < 4.78 is 14.2. The molecular formula is C17H23ClFN3OS. The highest BCUT2D eigenvalue weighted by Gasteiger charge is 2.29. The van der Waals surface area contributed by atoms with E-state index in [0.717, 1.165) is 42.4 Å². The minimum absolute atomic E-state index is 0. The highest BCUT2D eigenvalue weighted by atomic mass is 35.5.